The van der Waals surface area contributed by atoms with Gasteiger partial charge in [0.05, 0.1) is 23.1 Å². The topological polar surface area (TPSA) is 149 Å². The number of aryl methyl sites for hydroxylation is 2. The van der Waals surface area contributed by atoms with E-state index in [2.05, 4.69) is 20.6 Å². The van der Waals surface area contributed by atoms with Crippen LogP contribution < -0.4 is 15.8 Å². The third-order valence-corrected chi connectivity index (χ3v) is 3.95. The molecule has 3 N–H and O–H groups in total. The molecule has 2 aromatic rings. The van der Waals surface area contributed by atoms with Gasteiger partial charge in [-0.15, -0.1) is 5.10 Å². The third kappa shape index (κ3) is 2.99. The standard InChI is InChI=1S/C15H15N7O3/c1-8-9(19-13(23)15(7-16)5-6-15)3-4-10(18-8)11-12(25-14(17)24)22(2)21-20-11/h3-4H,5-6H2,1-2H3,(H2,17,24)(H,19,23). The second-order valence-corrected chi connectivity index (χ2v) is 5.77. The fourth-order valence-electron chi connectivity index (χ4n) is 2.30. The Kier molecular flexibility index (Phi) is 3.84. The molecule has 1 aliphatic carbocycles. The molecule has 0 aromatic carbocycles. The van der Waals surface area contributed by atoms with E-state index in [1.54, 1.807) is 26.1 Å². The number of primary amides is 1. The number of amides is 2. The number of nitriles is 1. The maximum atomic E-state index is 12.2. The van der Waals surface area contributed by atoms with Gasteiger partial charge in [0, 0.05) is 7.05 Å². The molecule has 10 nitrogen and oxygen atoms in total. The summed E-state index contributed by atoms with van der Waals surface area (Å²) in [5, 5.41) is 19.5. The van der Waals surface area contributed by atoms with Crippen molar-refractivity contribution in [2.24, 2.45) is 18.2 Å². The number of anilines is 1. The van der Waals surface area contributed by atoms with E-state index in [1.165, 1.54) is 4.68 Å². The fourth-order valence-corrected chi connectivity index (χ4v) is 2.30. The Labute approximate surface area is 142 Å². The van der Waals surface area contributed by atoms with E-state index < -0.39 is 11.5 Å². The summed E-state index contributed by atoms with van der Waals surface area (Å²) in [7, 11) is 1.55. The number of carbonyl (C=O) groups is 2. The van der Waals surface area contributed by atoms with Gasteiger partial charge in [-0.2, -0.15) is 5.26 Å². The largest absolute Gasteiger partial charge is 0.411 e. The molecule has 0 bridgehead atoms. The Balaban J connectivity index is 1.87. The first-order valence-electron chi connectivity index (χ1n) is 7.44. The van der Waals surface area contributed by atoms with Crippen LogP contribution in [0.1, 0.15) is 18.5 Å². The molecule has 0 radical (unpaired) electrons. The second kappa shape index (κ2) is 5.86. The average Bonchev–Trinajstić information content (AvgIpc) is 3.29. The first-order chi connectivity index (χ1) is 11.9. The second-order valence-electron chi connectivity index (χ2n) is 5.77. The molecule has 0 atom stereocenters. The molecule has 2 heterocycles. The number of aromatic nitrogens is 4. The highest BCUT2D eigenvalue weighted by Crippen LogP contribution is 2.45. The lowest BCUT2D eigenvalue weighted by Gasteiger charge is -2.11. The zero-order valence-electron chi connectivity index (χ0n) is 13.6. The van der Waals surface area contributed by atoms with Crippen LogP contribution in [0, 0.1) is 23.7 Å². The molecule has 0 spiro atoms. The molecule has 3 rings (SSSR count). The van der Waals surface area contributed by atoms with Gasteiger partial charge in [0.2, 0.25) is 5.91 Å². The quantitative estimate of drug-likeness (QED) is 0.838. The van der Waals surface area contributed by atoms with Crippen molar-refractivity contribution in [1.82, 2.24) is 20.0 Å². The summed E-state index contributed by atoms with van der Waals surface area (Å²) < 4.78 is 6.16. The molecule has 10 heteroatoms. The third-order valence-electron chi connectivity index (χ3n) is 3.95. The summed E-state index contributed by atoms with van der Waals surface area (Å²) in [6.45, 7) is 1.70. The van der Waals surface area contributed by atoms with Crippen LogP contribution in [0.4, 0.5) is 10.5 Å². The van der Waals surface area contributed by atoms with E-state index in [0.29, 0.717) is 29.9 Å². The van der Waals surface area contributed by atoms with Crippen LogP contribution in [-0.4, -0.2) is 32.0 Å². The predicted molar refractivity (Wildman–Crippen MR) is 85.1 cm³/mol. The van der Waals surface area contributed by atoms with Crippen molar-refractivity contribution < 1.29 is 14.3 Å². The van der Waals surface area contributed by atoms with Crippen LogP contribution >= 0.6 is 0 Å². The van der Waals surface area contributed by atoms with Gasteiger partial charge in [0.25, 0.3) is 5.88 Å². The first kappa shape index (κ1) is 16.4. The molecule has 1 saturated carbocycles. The number of nitrogens with one attached hydrogen (secondary N) is 1. The van der Waals surface area contributed by atoms with Crippen LogP contribution in [0.2, 0.25) is 0 Å². The molecular weight excluding hydrogens is 326 g/mol. The van der Waals surface area contributed by atoms with Gasteiger partial charge in [0.1, 0.15) is 5.41 Å². The van der Waals surface area contributed by atoms with E-state index in [9.17, 15) is 9.59 Å². The number of hydrogen-bond donors (Lipinski definition) is 2. The molecule has 0 saturated heterocycles. The highest BCUT2D eigenvalue weighted by Gasteiger charge is 2.50. The minimum absolute atomic E-state index is 0.0672. The van der Waals surface area contributed by atoms with Crippen molar-refractivity contribution in [3.05, 3.63) is 17.8 Å². The van der Waals surface area contributed by atoms with Crippen LogP contribution in [0.3, 0.4) is 0 Å². The molecule has 128 valence electrons. The number of rotatable bonds is 4. The number of nitrogens with zero attached hydrogens (tertiary/aromatic N) is 5. The molecule has 25 heavy (non-hydrogen) atoms. The van der Waals surface area contributed by atoms with Gasteiger partial charge in [-0.1, -0.05) is 5.21 Å². The Morgan fingerprint density at radius 2 is 2.16 bits per heavy atom. The van der Waals surface area contributed by atoms with E-state index >= 15 is 0 Å². The van der Waals surface area contributed by atoms with Crippen molar-refractivity contribution in [2.75, 3.05) is 5.32 Å². The van der Waals surface area contributed by atoms with Crippen LogP contribution in [0.15, 0.2) is 12.1 Å². The van der Waals surface area contributed by atoms with Gasteiger partial charge in [0.15, 0.2) is 5.69 Å². The SMILES string of the molecule is Cc1nc(-c2nnn(C)c2OC(N)=O)ccc1NC(=O)C1(C#N)CC1. The summed E-state index contributed by atoms with van der Waals surface area (Å²) in [4.78, 5) is 27.5. The molecule has 0 unspecified atom stereocenters. The van der Waals surface area contributed by atoms with E-state index in [4.69, 9.17) is 15.7 Å². The number of hydrogen-bond acceptors (Lipinski definition) is 7. The Bertz CT molecular complexity index is 908. The number of carbonyl (C=O) groups excluding carboxylic acids is 2. The highest BCUT2D eigenvalue weighted by atomic mass is 16.6. The van der Waals surface area contributed by atoms with Crippen LogP contribution in [0.5, 0.6) is 5.88 Å². The smallest absolute Gasteiger partial charge is 0.389 e. The van der Waals surface area contributed by atoms with Crippen molar-refractivity contribution in [1.29, 1.82) is 5.26 Å². The van der Waals surface area contributed by atoms with Gasteiger partial charge < -0.3 is 15.8 Å². The van der Waals surface area contributed by atoms with Gasteiger partial charge in [-0.05, 0) is 31.9 Å². The lowest BCUT2D eigenvalue weighted by molar-refractivity contribution is -0.119. The maximum Gasteiger partial charge on any atom is 0.411 e. The molecule has 1 fully saturated rings. The van der Waals surface area contributed by atoms with Crippen LogP contribution in [0.25, 0.3) is 11.4 Å². The highest BCUT2D eigenvalue weighted by molar-refractivity contribution is 5.99. The monoisotopic (exact) mass is 341 g/mol. The Hall–Kier alpha value is -3.48. The normalized spacial score (nSPS) is 14.4. The first-order valence-corrected chi connectivity index (χ1v) is 7.44. The summed E-state index contributed by atoms with van der Waals surface area (Å²) in [5.74, 6) is -0.262. The summed E-state index contributed by atoms with van der Waals surface area (Å²) >= 11 is 0. The predicted octanol–water partition coefficient (Wildman–Crippen LogP) is 0.885. The van der Waals surface area contributed by atoms with Gasteiger partial charge in [-0.25, -0.2) is 14.5 Å². The van der Waals surface area contributed by atoms with Crippen molar-refractivity contribution in [2.45, 2.75) is 19.8 Å². The number of pyridine rings is 1. The van der Waals surface area contributed by atoms with E-state index in [1.807, 2.05) is 6.07 Å². The maximum absolute atomic E-state index is 12.2. The molecule has 0 aliphatic heterocycles. The molecular formula is C15H15N7O3. The average molecular weight is 341 g/mol. The minimum Gasteiger partial charge on any atom is -0.389 e. The minimum atomic E-state index is -0.988. The summed E-state index contributed by atoms with van der Waals surface area (Å²) in [6.07, 6.45) is 0.138. The van der Waals surface area contributed by atoms with Crippen molar-refractivity contribution in [3.8, 4) is 23.3 Å². The lowest BCUT2D eigenvalue weighted by Crippen LogP contribution is -2.23. The van der Waals surface area contributed by atoms with E-state index in [-0.39, 0.29) is 17.5 Å². The Morgan fingerprint density at radius 3 is 2.72 bits per heavy atom. The van der Waals surface area contributed by atoms with Crippen LogP contribution in [-0.2, 0) is 11.8 Å². The van der Waals surface area contributed by atoms with Gasteiger partial charge >= 0.3 is 6.09 Å². The van der Waals surface area contributed by atoms with Gasteiger partial charge in [-0.3, -0.25) is 4.79 Å². The summed E-state index contributed by atoms with van der Waals surface area (Å²) in [6, 6.07) is 5.29. The number of nitrogens with two attached hydrogens (primary N) is 1. The number of ether oxygens (including phenoxy) is 1. The molecule has 2 amide bonds. The zero-order valence-corrected chi connectivity index (χ0v) is 13.6. The summed E-state index contributed by atoms with van der Waals surface area (Å²) in [5.41, 5.74) is 5.80. The Morgan fingerprint density at radius 1 is 1.44 bits per heavy atom. The lowest BCUT2D eigenvalue weighted by atomic mass is 10.1. The van der Waals surface area contributed by atoms with Crippen molar-refractivity contribution >= 4 is 17.7 Å². The van der Waals surface area contributed by atoms with E-state index in [0.717, 1.165) is 0 Å². The fraction of sp³-hybridized carbons (Fsp3) is 0.333. The zero-order chi connectivity index (χ0) is 18.2. The molecule has 1 aliphatic rings. The van der Waals surface area contributed by atoms with Crippen molar-refractivity contribution in [3.63, 3.8) is 0 Å². The molecule has 2 aromatic heterocycles.